The van der Waals surface area contributed by atoms with Gasteiger partial charge in [0.25, 0.3) is 0 Å². The minimum atomic E-state index is -4.65. The van der Waals surface area contributed by atoms with Crippen LogP contribution in [0.3, 0.4) is 0 Å². The zero-order chi connectivity index (χ0) is 19.0. The first-order valence-electron chi connectivity index (χ1n) is 7.49. The summed E-state index contributed by atoms with van der Waals surface area (Å²) >= 11 is 5.72. The van der Waals surface area contributed by atoms with Crippen molar-refractivity contribution in [1.82, 2.24) is 4.72 Å². The number of hydrogen-bond donors (Lipinski definition) is 1. The number of rotatable bonds is 2. The van der Waals surface area contributed by atoms with E-state index in [2.05, 4.69) is 4.72 Å². The second kappa shape index (κ2) is 10.3. The Morgan fingerprint density at radius 3 is 1.83 bits per heavy atom. The summed E-state index contributed by atoms with van der Waals surface area (Å²) in [4.78, 5) is -0.349. The Morgan fingerprint density at radius 1 is 1.04 bits per heavy atom. The van der Waals surface area contributed by atoms with Crippen molar-refractivity contribution in [3.8, 4) is 0 Å². The maximum absolute atomic E-state index is 13.0. The highest BCUT2D eigenvalue weighted by Crippen LogP contribution is 2.39. The van der Waals surface area contributed by atoms with Crippen molar-refractivity contribution in [2.24, 2.45) is 0 Å². The molecule has 0 fully saturated rings. The molecule has 0 aromatic heterocycles. The summed E-state index contributed by atoms with van der Waals surface area (Å²) in [6.07, 6.45) is -4.65. The number of halogens is 4. The summed E-state index contributed by atoms with van der Waals surface area (Å²) < 4.78 is 53.7. The molecule has 0 aliphatic carbocycles. The molecular weight excluding hydrogens is 347 g/mol. The molecule has 1 atom stereocenters. The highest BCUT2D eigenvalue weighted by molar-refractivity contribution is 7.83. The van der Waals surface area contributed by atoms with E-state index in [1.807, 2.05) is 27.7 Å². The predicted molar refractivity (Wildman–Crippen MR) is 93.2 cm³/mol. The highest BCUT2D eigenvalue weighted by Gasteiger charge is 2.38. The first kappa shape index (κ1) is 24.7. The summed E-state index contributed by atoms with van der Waals surface area (Å²) in [7, 11) is -1.98. The largest absolute Gasteiger partial charge is 0.419 e. The summed E-state index contributed by atoms with van der Waals surface area (Å²) in [5.74, 6) is 0. The number of benzene rings is 1. The summed E-state index contributed by atoms with van der Waals surface area (Å²) in [5.41, 5.74) is -1.32. The average Bonchev–Trinajstić information content (AvgIpc) is 2.42. The van der Waals surface area contributed by atoms with Crippen LogP contribution in [0.15, 0.2) is 17.0 Å². The lowest BCUT2D eigenvalue weighted by atomic mass is 10.1. The molecule has 0 amide bonds. The van der Waals surface area contributed by atoms with Crippen molar-refractivity contribution in [3.05, 3.63) is 28.3 Å². The Bertz CT molecular complexity index is 511. The molecule has 23 heavy (non-hydrogen) atoms. The van der Waals surface area contributed by atoms with Gasteiger partial charge in [-0.25, -0.2) is 8.93 Å². The molecule has 0 aliphatic heterocycles. The van der Waals surface area contributed by atoms with Crippen LogP contribution in [0.5, 0.6) is 0 Å². The van der Waals surface area contributed by atoms with Crippen LogP contribution in [0.4, 0.5) is 13.2 Å². The normalized spacial score (nSPS) is 12.5. The molecule has 0 aliphatic rings. The van der Waals surface area contributed by atoms with E-state index in [0.717, 1.165) is 0 Å². The first-order valence-corrected chi connectivity index (χ1v) is 9.02. The van der Waals surface area contributed by atoms with Gasteiger partial charge in [0, 0.05) is 5.54 Å². The molecule has 0 heterocycles. The van der Waals surface area contributed by atoms with Crippen molar-refractivity contribution in [2.75, 3.05) is 0 Å². The third-order valence-corrected chi connectivity index (χ3v) is 4.20. The summed E-state index contributed by atoms with van der Waals surface area (Å²) in [6.45, 7) is 14.6. The lowest BCUT2D eigenvalue weighted by molar-refractivity contribution is -0.139. The average molecular weight is 374 g/mol. The van der Waals surface area contributed by atoms with Crippen LogP contribution in [0.25, 0.3) is 0 Å². The third-order valence-electron chi connectivity index (χ3n) is 2.18. The molecule has 1 aromatic carbocycles. The molecule has 136 valence electrons. The molecule has 0 spiro atoms. The van der Waals surface area contributed by atoms with E-state index in [0.29, 0.717) is 5.56 Å². The van der Waals surface area contributed by atoms with Crippen LogP contribution in [-0.2, 0) is 17.2 Å². The maximum atomic E-state index is 13.0. The van der Waals surface area contributed by atoms with Crippen molar-refractivity contribution >= 4 is 22.6 Å². The Morgan fingerprint density at radius 2 is 1.48 bits per heavy atom. The van der Waals surface area contributed by atoms with Crippen molar-refractivity contribution in [3.63, 3.8) is 0 Å². The SMILES string of the molecule is CC.CC.Cc1ccc(S(=O)NC(C)(C)C)c(C(F)(F)F)c1Cl. The zero-order valence-electron chi connectivity index (χ0n) is 15.0. The van der Waals surface area contributed by atoms with Crippen molar-refractivity contribution in [1.29, 1.82) is 0 Å². The first-order chi connectivity index (χ1) is 10.4. The van der Waals surface area contributed by atoms with Crippen LogP contribution in [-0.4, -0.2) is 9.75 Å². The molecule has 1 rings (SSSR count). The van der Waals surface area contributed by atoms with Crippen LogP contribution in [0.2, 0.25) is 5.02 Å². The predicted octanol–water partition coefficient (Wildman–Crippen LogP) is 6.13. The fraction of sp³-hybridized carbons (Fsp3) is 0.625. The number of alkyl halides is 3. The molecule has 1 aromatic rings. The monoisotopic (exact) mass is 373 g/mol. The molecule has 0 radical (unpaired) electrons. The quantitative estimate of drug-likeness (QED) is 0.663. The van der Waals surface area contributed by atoms with Gasteiger partial charge in [0.2, 0.25) is 0 Å². The van der Waals surface area contributed by atoms with Gasteiger partial charge in [0.1, 0.15) is 11.0 Å². The molecule has 0 saturated heterocycles. The van der Waals surface area contributed by atoms with Crippen molar-refractivity contribution in [2.45, 2.75) is 72.0 Å². The Hall–Kier alpha value is -0.590. The Kier molecular flexibility index (Phi) is 11.1. The van der Waals surface area contributed by atoms with Gasteiger partial charge in [-0.15, -0.1) is 0 Å². The van der Waals surface area contributed by atoms with E-state index in [4.69, 9.17) is 11.6 Å². The minimum Gasteiger partial charge on any atom is -0.237 e. The lowest BCUT2D eigenvalue weighted by Crippen LogP contribution is -2.37. The van der Waals surface area contributed by atoms with Gasteiger partial charge in [0.05, 0.1) is 15.5 Å². The Labute approximate surface area is 145 Å². The maximum Gasteiger partial charge on any atom is 0.419 e. The van der Waals surface area contributed by atoms with Crippen molar-refractivity contribution < 1.29 is 17.4 Å². The molecule has 7 heteroatoms. The van der Waals surface area contributed by atoms with Gasteiger partial charge in [0.15, 0.2) is 0 Å². The van der Waals surface area contributed by atoms with Crippen LogP contribution >= 0.6 is 11.6 Å². The second-order valence-corrected chi connectivity index (χ2v) is 6.75. The van der Waals surface area contributed by atoms with Gasteiger partial charge < -0.3 is 0 Å². The molecule has 2 nitrogen and oxygen atoms in total. The van der Waals surface area contributed by atoms with E-state index in [1.54, 1.807) is 20.8 Å². The molecule has 0 saturated carbocycles. The van der Waals surface area contributed by atoms with E-state index in [-0.39, 0.29) is 4.90 Å². The topological polar surface area (TPSA) is 29.1 Å². The molecular formula is C16H27ClF3NOS. The van der Waals surface area contributed by atoms with Gasteiger partial charge in [-0.05, 0) is 39.3 Å². The van der Waals surface area contributed by atoms with Crippen LogP contribution in [0.1, 0.15) is 59.6 Å². The zero-order valence-corrected chi connectivity index (χ0v) is 16.6. The van der Waals surface area contributed by atoms with Gasteiger partial charge in [-0.3, -0.25) is 0 Å². The highest BCUT2D eigenvalue weighted by atomic mass is 35.5. The smallest absolute Gasteiger partial charge is 0.237 e. The standard InChI is InChI=1S/C12H15ClF3NOS.2C2H6/c1-7-5-6-8(19(18)17-11(2,3)4)9(10(7)13)12(14,15)16;2*1-2/h5-6,17H,1-4H3;2*1-2H3. The van der Waals surface area contributed by atoms with Gasteiger partial charge in [-0.2, -0.15) is 13.2 Å². The van der Waals surface area contributed by atoms with Crippen LogP contribution < -0.4 is 4.72 Å². The molecule has 1 N–H and O–H groups in total. The molecule has 1 unspecified atom stereocenters. The fourth-order valence-electron chi connectivity index (χ4n) is 1.41. The minimum absolute atomic E-state index is 0.297. The summed E-state index contributed by atoms with van der Waals surface area (Å²) in [6, 6.07) is 2.62. The van der Waals surface area contributed by atoms with Gasteiger partial charge >= 0.3 is 6.18 Å². The number of hydrogen-bond acceptors (Lipinski definition) is 1. The van der Waals surface area contributed by atoms with E-state index in [1.165, 1.54) is 19.1 Å². The summed E-state index contributed by atoms with van der Waals surface area (Å²) in [5, 5.41) is -0.408. The van der Waals surface area contributed by atoms with Gasteiger partial charge in [-0.1, -0.05) is 45.4 Å². The number of nitrogens with one attached hydrogen (secondary N) is 1. The van der Waals surface area contributed by atoms with E-state index in [9.17, 15) is 17.4 Å². The number of aryl methyl sites for hydroxylation is 1. The van der Waals surface area contributed by atoms with E-state index < -0.39 is 33.3 Å². The lowest BCUT2D eigenvalue weighted by Gasteiger charge is -2.22. The second-order valence-electron chi connectivity index (χ2n) is 5.19. The molecule has 0 bridgehead atoms. The Balaban J connectivity index is 0. The fourth-order valence-corrected chi connectivity index (χ4v) is 3.00. The third kappa shape index (κ3) is 8.18. The van der Waals surface area contributed by atoms with Crippen LogP contribution in [0, 0.1) is 6.92 Å². The van der Waals surface area contributed by atoms with E-state index >= 15 is 0 Å².